The monoisotopic (exact) mass is 236 g/mol. The summed E-state index contributed by atoms with van der Waals surface area (Å²) in [5, 5.41) is 3.15. The molecule has 0 aliphatic carbocycles. The fourth-order valence-electron chi connectivity index (χ4n) is 1.71. The third kappa shape index (κ3) is 3.31. The first-order chi connectivity index (χ1) is 6.88. The molecule has 5 nitrogen and oxygen atoms in total. The summed E-state index contributed by atoms with van der Waals surface area (Å²) in [5.74, 6) is 0.0977. The van der Waals surface area contributed by atoms with Gasteiger partial charge >= 0.3 is 0 Å². The number of rotatable bonds is 1. The molecule has 0 unspecified atom stereocenters. The van der Waals surface area contributed by atoms with Crippen molar-refractivity contribution in [3.8, 4) is 0 Å². The van der Waals surface area contributed by atoms with Crippen molar-refractivity contribution in [3.05, 3.63) is 0 Å². The molecule has 0 aromatic carbocycles. The molecule has 0 bridgehead atoms. The number of carbonyl (C=O) groups is 1. The maximum atomic E-state index is 11.9. The van der Waals surface area contributed by atoms with Crippen LogP contribution in [0, 0.1) is 0 Å². The first kappa shape index (κ1) is 12.7. The summed E-state index contributed by atoms with van der Waals surface area (Å²) in [6, 6.07) is 0. The lowest BCUT2D eigenvalue weighted by Crippen LogP contribution is -2.52. The lowest BCUT2D eigenvalue weighted by Gasteiger charge is -2.32. The van der Waals surface area contributed by atoms with Crippen molar-refractivity contribution in [1.29, 1.82) is 0 Å². The maximum Gasteiger partial charge on any atom is 0.253 e. The molecular formula is C9H17ClN2O3. The summed E-state index contributed by atoms with van der Waals surface area (Å²) in [7, 11) is 0. The van der Waals surface area contributed by atoms with Crippen LogP contribution in [0.2, 0.25) is 0 Å². The van der Waals surface area contributed by atoms with Crippen LogP contribution in [-0.4, -0.2) is 62.9 Å². The van der Waals surface area contributed by atoms with Gasteiger partial charge in [0.15, 0.2) is 0 Å². The van der Waals surface area contributed by atoms with Gasteiger partial charge in [-0.25, -0.2) is 0 Å². The summed E-state index contributed by atoms with van der Waals surface area (Å²) in [5.41, 5.74) is 0. The Morgan fingerprint density at radius 3 is 2.60 bits per heavy atom. The molecule has 0 aromatic heterocycles. The van der Waals surface area contributed by atoms with Crippen molar-refractivity contribution in [3.63, 3.8) is 0 Å². The maximum absolute atomic E-state index is 11.9. The van der Waals surface area contributed by atoms with Crippen molar-refractivity contribution in [1.82, 2.24) is 10.2 Å². The van der Waals surface area contributed by atoms with Crippen molar-refractivity contribution < 1.29 is 14.3 Å². The minimum atomic E-state index is -0.290. The molecule has 0 aromatic rings. The molecule has 1 amide bonds. The zero-order valence-corrected chi connectivity index (χ0v) is 9.42. The number of halogens is 1. The number of hydrogen-bond donors (Lipinski definition) is 1. The van der Waals surface area contributed by atoms with Crippen LogP contribution >= 0.6 is 12.4 Å². The van der Waals surface area contributed by atoms with E-state index in [1.165, 1.54) is 0 Å². The number of amides is 1. The van der Waals surface area contributed by atoms with Crippen LogP contribution in [0.5, 0.6) is 0 Å². The van der Waals surface area contributed by atoms with Gasteiger partial charge in [-0.15, -0.1) is 12.4 Å². The van der Waals surface area contributed by atoms with Crippen LogP contribution in [0.4, 0.5) is 0 Å². The quantitative estimate of drug-likeness (QED) is 0.651. The van der Waals surface area contributed by atoms with E-state index in [2.05, 4.69) is 5.32 Å². The molecule has 15 heavy (non-hydrogen) atoms. The first-order valence-electron chi connectivity index (χ1n) is 5.07. The van der Waals surface area contributed by atoms with Gasteiger partial charge in [0.1, 0.15) is 6.10 Å². The van der Waals surface area contributed by atoms with E-state index < -0.39 is 0 Å². The lowest BCUT2D eigenvalue weighted by molar-refractivity contribution is -0.149. The zero-order valence-electron chi connectivity index (χ0n) is 8.61. The molecule has 0 saturated carbocycles. The molecule has 0 spiro atoms. The third-order valence-electron chi connectivity index (χ3n) is 2.53. The van der Waals surface area contributed by atoms with Crippen LogP contribution in [0.1, 0.15) is 0 Å². The second kappa shape index (κ2) is 6.27. The second-order valence-corrected chi connectivity index (χ2v) is 3.50. The fourth-order valence-corrected chi connectivity index (χ4v) is 1.71. The van der Waals surface area contributed by atoms with Gasteiger partial charge in [0.2, 0.25) is 0 Å². The van der Waals surface area contributed by atoms with E-state index in [-0.39, 0.29) is 24.4 Å². The van der Waals surface area contributed by atoms with Crippen molar-refractivity contribution in [2.45, 2.75) is 6.10 Å². The van der Waals surface area contributed by atoms with Gasteiger partial charge in [0.05, 0.1) is 19.8 Å². The van der Waals surface area contributed by atoms with Gasteiger partial charge in [-0.05, 0) is 0 Å². The van der Waals surface area contributed by atoms with Gasteiger partial charge in [0.25, 0.3) is 5.91 Å². The van der Waals surface area contributed by atoms with E-state index in [1.807, 2.05) is 4.90 Å². The minimum absolute atomic E-state index is 0. The number of nitrogens with one attached hydrogen (secondary N) is 1. The summed E-state index contributed by atoms with van der Waals surface area (Å²) in [6.45, 7) is 4.78. The van der Waals surface area contributed by atoms with Crippen LogP contribution in [-0.2, 0) is 14.3 Å². The Morgan fingerprint density at radius 2 is 2.00 bits per heavy atom. The van der Waals surface area contributed by atoms with Crippen molar-refractivity contribution in [2.24, 2.45) is 0 Å². The molecule has 88 valence electrons. The van der Waals surface area contributed by atoms with E-state index in [9.17, 15) is 4.79 Å². The molecule has 2 heterocycles. The van der Waals surface area contributed by atoms with Gasteiger partial charge in [-0.3, -0.25) is 4.79 Å². The summed E-state index contributed by atoms with van der Waals surface area (Å²) < 4.78 is 10.6. The highest BCUT2D eigenvalue weighted by Gasteiger charge is 2.27. The van der Waals surface area contributed by atoms with Crippen molar-refractivity contribution >= 4 is 18.3 Å². The normalized spacial score (nSPS) is 26.9. The van der Waals surface area contributed by atoms with E-state index in [0.29, 0.717) is 39.5 Å². The number of morpholine rings is 2. The van der Waals surface area contributed by atoms with E-state index in [0.717, 1.165) is 6.54 Å². The number of ether oxygens (including phenoxy) is 2. The Hall–Kier alpha value is -0.360. The second-order valence-electron chi connectivity index (χ2n) is 3.50. The van der Waals surface area contributed by atoms with Gasteiger partial charge in [-0.2, -0.15) is 0 Å². The predicted octanol–water partition coefficient (Wildman–Crippen LogP) is -0.745. The largest absolute Gasteiger partial charge is 0.378 e. The lowest BCUT2D eigenvalue weighted by atomic mass is 10.2. The Kier molecular flexibility index (Phi) is 5.31. The fraction of sp³-hybridized carbons (Fsp3) is 0.889. The van der Waals surface area contributed by atoms with E-state index >= 15 is 0 Å². The Morgan fingerprint density at radius 1 is 1.27 bits per heavy atom. The molecule has 1 atom stereocenters. The summed E-state index contributed by atoms with van der Waals surface area (Å²) in [6.07, 6.45) is -0.290. The standard InChI is InChI=1S/C9H16N2O3.ClH/c12-9(8-7-10-1-4-14-8)11-2-5-13-6-3-11;/h8,10H,1-7H2;1H/t8-;/m0./s1. The van der Waals surface area contributed by atoms with Crippen LogP contribution in [0.15, 0.2) is 0 Å². The predicted molar refractivity (Wildman–Crippen MR) is 57.3 cm³/mol. The molecule has 2 rings (SSSR count). The summed E-state index contributed by atoms with van der Waals surface area (Å²) in [4.78, 5) is 13.7. The van der Waals surface area contributed by atoms with Crippen LogP contribution in [0.3, 0.4) is 0 Å². The van der Waals surface area contributed by atoms with E-state index in [1.54, 1.807) is 0 Å². The molecule has 2 fully saturated rings. The highest BCUT2D eigenvalue weighted by atomic mass is 35.5. The average Bonchev–Trinajstić information content (AvgIpc) is 2.30. The Bertz CT molecular complexity index is 184. The van der Waals surface area contributed by atoms with Crippen molar-refractivity contribution in [2.75, 3.05) is 46.0 Å². The molecule has 2 aliphatic heterocycles. The van der Waals surface area contributed by atoms with Gasteiger partial charge in [-0.1, -0.05) is 0 Å². The van der Waals surface area contributed by atoms with Gasteiger partial charge < -0.3 is 19.7 Å². The smallest absolute Gasteiger partial charge is 0.253 e. The molecule has 6 heteroatoms. The number of hydrogen-bond acceptors (Lipinski definition) is 4. The third-order valence-corrected chi connectivity index (χ3v) is 2.53. The number of nitrogens with zero attached hydrogens (tertiary/aromatic N) is 1. The van der Waals surface area contributed by atoms with Gasteiger partial charge in [0, 0.05) is 26.2 Å². The topological polar surface area (TPSA) is 50.8 Å². The SMILES string of the molecule is Cl.O=C([C@@H]1CNCCO1)N1CCOCC1. The highest BCUT2D eigenvalue weighted by molar-refractivity contribution is 5.85. The highest BCUT2D eigenvalue weighted by Crippen LogP contribution is 2.05. The average molecular weight is 237 g/mol. The molecule has 0 radical (unpaired) electrons. The van der Waals surface area contributed by atoms with Crippen LogP contribution < -0.4 is 5.32 Å². The Balaban J connectivity index is 0.00000112. The summed E-state index contributed by atoms with van der Waals surface area (Å²) >= 11 is 0. The number of carbonyl (C=O) groups excluding carboxylic acids is 1. The first-order valence-corrected chi connectivity index (χ1v) is 5.07. The van der Waals surface area contributed by atoms with Crippen LogP contribution in [0.25, 0.3) is 0 Å². The Labute approximate surface area is 95.5 Å². The molecule has 2 saturated heterocycles. The minimum Gasteiger partial charge on any atom is -0.378 e. The molecular weight excluding hydrogens is 220 g/mol. The van der Waals surface area contributed by atoms with E-state index in [4.69, 9.17) is 9.47 Å². The molecule has 2 aliphatic rings. The molecule has 1 N–H and O–H groups in total. The zero-order chi connectivity index (χ0) is 9.80.